The van der Waals surface area contributed by atoms with Crippen molar-refractivity contribution in [3.63, 3.8) is 0 Å². The number of aliphatic imine (C=N–C) groups is 1. The molecule has 0 unspecified atom stereocenters. The van der Waals surface area contributed by atoms with E-state index in [1.807, 2.05) is 25.1 Å². The van der Waals surface area contributed by atoms with Crippen molar-refractivity contribution >= 4 is 40.2 Å². The normalized spacial score (nSPS) is 14.6. The molecule has 1 fully saturated rings. The van der Waals surface area contributed by atoms with Gasteiger partial charge in [0.25, 0.3) is 0 Å². The first kappa shape index (κ1) is 26.0. The Morgan fingerprint density at radius 2 is 1.77 bits per heavy atom. The number of nitrogens with zero attached hydrogens (tertiary/aromatic N) is 5. The second kappa shape index (κ2) is 10.6. The number of hydrogen-bond donors (Lipinski definition) is 1. The highest BCUT2D eigenvalue weighted by atomic mass is 32.2. The van der Waals surface area contributed by atoms with Gasteiger partial charge in [0.15, 0.2) is 11.0 Å². The number of carbonyl (C=O) groups is 2. The minimum absolute atomic E-state index is 0.150. The molecule has 0 saturated carbocycles. The fourth-order valence-electron chi connectivity index (χ4n) is 3.76. The highest BCUT2D eigenvalue weighted by Gasteiger charge is 2.32. The van der Waals surface area contributed by atoms with Crippen molar-refractivity contribution in [2.75, 3.05) is 16.0 Å². The van der Waals surface area contributed by atoms with Gasteiger partial charge >= 0.3 is 12.4 Å². The van der Waals surface area contributed by atoms with Crippen molar-refractivity contribution in [2.24, 2.45) is 4.99 Å². The molecule has 1 N–H and O–H groups in total. The molecule has 0 spiro atoms. The number of benzene rings is 3. The smallest absolute Gasteiger partial charge is 0.406 e. The Kier molecular flexibility index (Phi) is 7.07. The van der Waals surface area contributed by atoms with Gasteiger partial charge in [0.2, 0.25) is 5.91 Å². The number of rotatable bonds is 5. The molecule has 0 aliphatic carbocycles. The van der Waals surface area contributed by atoms with E-state index in [0.717, 1.165) is 5.56 Å². The van der Waals surface area contributed by atoms with Crippen LogP contribution in [0.1, 0.15) is 5.56 Å². The maximum Gasteiger partial charge on any atom is 0.573 e. The quantitative estimate of drug-likeness (QED) is 0.335. The molecule has 1 aliphatic rings. The number of ether oxygens (including phenoxy) is 1. The predicted molar refractivity (Wildman–Crippen MR) is 141 cm³/mol. The third-order valence-electron chi connectivity index (χ3n) is 5.54. The van der Waals surface area contributed by atoms with Gasteiger partial charge in [-0.05, 0) is 67.1 Å². The first-order chi connectivity index (χ1) is 18.7. The van der Waals surface area contributed by atoms with Gasteiger partial charge in [-0.1, -0.05) is 30.0 Å². The highest BCUT2D eigenvalue weighted by molar-refractivity contribution is 8.15. The molecule has 1 saturated heterocycles. The lowest BCUT2D eigenvalue weighted by molar-refractivity contribution is -0.274. The monoisotopic (exact) mass is 552 g/mol. The maximum absolute atomic E-state index is 12.6. The number of para-hydroxylation sites is 1. The summed E-state index contributed by atoms with van der Waals surface area (Å²) in [6.07, 6.45) is -3.34. The minimum Gasteiger partial charge on any atom is -0.406 e. The molecule has 2 heterocycles. The zero-order valence-corrected chi connectivity index (χ0v) is 21.0. The lowest BCUT2D eigenvalue weighted by Gasteiger charge is -2.18. The van der Waals surface area contributed by atoms with E-state index in [4.69, 9.17) is 0 Å². The van der Waals surface area contributed by atoms with Gasteiger partial charge < -0.3 is 10.1 Å². The topological polar surface area (TPSA) is 102 Å². The summed E-state index contributed by atoms with van der Waals surface area (Å²) in [5.41, 5.74) is 3.19. The molecule has 0 radical (unpaired) electrons. The third-order valence-corrected chi connectivity index (χ3v) is 6.46. The Labute approximate surface area is 224 Å². The fourth-order valence-corrected chi connectivity index (χ4v) is 4.62. The number of amides is 3. The number of alkyl halides is 3. The number of urea groups is 1. The van der Waals surface area contributed by atoms with Crippen molar-refractivity contribution < 1.29 is 27.5 Å². The summed E-state index contributed by atoms with van der Waals surface area (Å²) >= 11 is 1.19. The second-order valence-electron chi connectivity index (χ2n) is 8.26. The molecule has 1 aliphatic heterocycles. The molecular weight excluding hydrogens is 533 g/mol. The van der Waals surface area contributed by atoms with Gasteiger partial charge in [0.1, 0.15) is 12.1 Å². The molecule has 5 rings (SSSR count). The average Bonchev–Trinajstić information content (AvgIpc) is 3.52. The zero-order valence-electron chi connectivity index (χ0n) is 20.2. The van der Waals surface area contributed by atoms with Crippen LogP contribution in [0.4, 0.5) is 29.3 Å². The number of amidine groups is 1. The number of aryl methyl sites for hydroxylation is 1. The van der Waals surface area contributed by atoms with Crippen LogP contribution in [0.15, 0.2) is 84.1 Å². The molecule has 198 valence electrons. The van der Waals surface area contributed by atoms with Crippen molar-refractivity contribution in [3.05, 3.63) is 84.7 Å². The Hall–Kier alpha value is -4.65. The van der Waals surface area contributed by atoms with Crippen LogP contribution in [0, 0.1) is 6.92 Å². The zero-order chi connectivity index (χ0) is 27.6. The van der Waals surface area contributed by atoms with Crippen LogP contribution in [0.25, 0.3) is 17.1 Å². The predicted octanol–water partition coefficient (Wildman–Crippen LogP) is 5.81. The van der Waals surface area contributed by atoms with E-state index in [2.05, 4.69) is 25.1 Å². The Morgan fingerprint density at radius 1 is 1.05 bits per heavy atom. The lowest BCUT2D eigenvalue weighted by Crippen LogP contribution is -2.30. The Bertz CT molecular complexity index is 1550. The molecular formula is C26H19F3N6O3S. The standard InChI is InChI=1S/C26H19F3N6O3S/c1-16-4-2-3-5-21(16)35-22(36)14-39-25(35)32-24(37)31-18-8-6-17(7-9-18)23-30-15-34(33-23)19-10-12-20(13-11-19)38-26(27,28)29/h2-13,15H,14H2,1H3,(H,31,37). The fraction of sp³-hybridized carbons (Fsp3) is 0.115. The van der Waals surface area contributed by atoms with Crippen molar-refractivity contribution in [1.82, 2.24) is 14.8 Å². The van der Waals surface area contributed by atoms with Crippen LogP contribution in [0.3, 0.4) is 0 Å². The summed E-state index contributed by atoms with van der Waals surface area (Å²) in [5, 5.41) is 7.35. The Morgan fingerprint density at radius 3 is 2.46 bits per heavy atom. The molecule has 39 heavy (non-hydrogen) atoms. The number of thioether (sulfide) groups is 1. The molecule has 13 heteroatoms. The van der Waals surface area contributed by atoms with Gasteiger partial charge in [0.05, 0.1) is 17.1 Å². The molecule has 3 amide bonds. The summed E-state index contributed by atoms with van der Waals surface area (Å²) in [7, 11) is 0. The van der Waals surface area contributed by atoms with E-state index < -0.39 is 12.4 Å². The summed E-state index contributed by atoms with van der Waals surface area (Å²) in [5.74, 6) is 0.0804. The SMILES string of the molecule is Cc1ccccc1N1C(=O)CSC1=NC(=O)Nc1ccc(-c2ncn(-c3ccc(OC(F)(F)F)cc3)n2)cc1. The molecule has 4 aromatic rings. The van der Waals surface area contributed by atoms with E-state index in [9.17, 15) is 22.8 Å². The van der Waals surface area contributed by atoms with Gasteiger partial charge in [-0.2, -0.15) is 4.99 Å². The van der Waals surface area contributed by atoms with Crippen LogP contribution in [0.5, 0.6) is 5.75 Å². The van der Waals surface area contributed by atoms with E-state index in [0.29, 0.717) is 33.6 Å². The first-order valence-corrected chi connectivity index (χ1v) is 12.4. The largest absolute Gasteiger partial charge is 0.573 e. The van der Waals surface area contributed by atoms with Crippen LogP contribution < -0.4 is 15.0 Å². The highest BCUT2D eigenvalue weighted by Crippen LogP contribution is 2.29. The molecule has 0 atom stereocenters. The van der Waals surface area contributed by atoms with E-state index in [1.54, 1.807) is 30.3 Å². The maximum atomic E-state index is 12.6. The average molecular weight is 553 g/mol. The molecule has 0 bridgehead atoms. The summed E-state index contributed by atoms with van der Waals surface area (Å²) in [4.78, 5) is 34.8. The van der Waals surface area contributed by atoms with E-state index in [1.165, 1.54) is 51.9 Å². The summed E-state index contributed by atoms with van der Waals surface area (Å²) < 4.78 is 42.4. The van der Waals surface area contributed by atoms with Gasteiger partial charge in [-0.15, -0.1) is 18.3 Å². The summed E-state index contributed by atoms with van der Waals surface area (Å²) in [6, 6.07) is 18.7. The first-order valence-electron chi connectivity index (χ1n) is 11.5. The van der Waals surface area contributed by atoms with Crippen molar-refractivity contribution in [1.29, 1.82) is 0 Å². The number of nitrogens with one attached hydrogen (secondary N) is 1. The number of carbonyl (C=O) groups excluding carboxylic acids is 2. The number of halogens is 3. The molecule has 9 nitrogen and oxygen atoms in total. The lowest BCUT2D eigenvalue weighted by atomic mass is 10.2. The van der Waals surface area contributed by atoms with Crippen LogP contribution in [-0.4, -0.2) is 44.0 Å². The third kappa shape index (κ3) is 6.09. The number of hydrogen-bond acceptors (Lipinski definition) is 6. The second-order valence-corrected chi connectivity index (χ2v) is 9.20. The van der Waals surface area contributed by atoms with E-state index >= 15 is 0 Å². The molecule has 1 aromatic heterocycles. The van der Waals surface area contributed by atoms with Gasteiger partial charge in [-0.3, -0.25) is 9.69 Å². The van der Waals surface area contributed by atoms with Crippen molar-refractivity contribution in [3.8, 4) is 22.8 Å². The van der Waals surface area contributed by atoms with Crippen LogP contribution >= 0.6 is 11.8 Å². The number of anilines is 2. The summed E-state index contributed by atoms with van der Waals surface area (Å²) in [6.45, 7) is 1.88. The van der Waals surface area contributed by atoms with Gasteiger partial charge in [0, 0.05) is 11.3 Å². The van der Waals surface area contributed by atoms with E-state index in [-0.39, 0.29) is 17.4 Å². The number of aromatic nitrogens is 3. The van der Waals surface area contributed by atoms with Gasteiger partial charge in [-0.25, -0.2) is 14.5 Å². The van der Waals surface area contributed by atoms with Crippen LogP contribution in [-0.2, 0) is 4.79 Å². The minimum atomic E-state index is -4.77. The van der Waals surface area contributed by atoms with Crippen molar-refractivity contribution in [2.45, 2.75) is 13.3 Å². The van der Waals surface area contributed by atoms with Crippen LogP contribution in [0.2, 0.25) is 0 Å². The molecule has 3 aromatic carbocycles. The Balaban J connectivity index is 1.25.